The molecule has 17 heavy (non-hydrogen) atoms. The lowest BCUT2D eigenvalue weighted by atomic mass is 10.2. The molecular weight excluding hydrogens is 222 g/mol. The normalized spacial score (nSPS) is 16.4. The van der Waals surface area contributed by atoms with Crippen LogP contribution in [0.25, 0.3) is 0 Å². The molecule has 5 heteroatoms. The largest absolute Gasteiger partial charge is 0.443 e. The lowest BCUT2D eigenvalue weighted by molar-refractivity contribution is -0.200. The van der Waals surface area contributed by atoms with Gasteiger partial charge in [-0.3, -0.25) is 0 Å². The first-order chi connectivity index (χ1) is 8.01. The average Bonchev–Trinajstić information content (AvgIpc) is 2.36. The number of hydrogen-bond donors (Lipinski definition) is 2. The number of aliphatic hydroxyl groups is 2. The standard InChI is InChI=1S/C12H23NO4/c1-5-9(14)13(10(15)6-2)11(7-3)17-12(16)8-4/h8-11,14-15H,4-7H2,1-3H3. The molecule has 100 valence electrons. The van der Waals surface area contributed by atoms with E-state index in [1.54, 1.807) is 13.8 Å². The molecule has 0 amide bonds. The molecule has 0 aromatic heterocycles. The van der Waals surface area contributed by atoms with Gasteiger partial charge in [-0.15, -0.1) is 0 Å². The Kier molecular flexibility index (Phi) is 7.78. The van der Waals surface area contributed by atoms with Gasteiger partial charge in [0.25, 0.3) is 0 Å². The Morgan fingerprint density at radius 2 is 1.71 bits per heavy atom. The number of carbonyl (C=O) groups is 1. The summed E-state index contributed by atoms with van der Waals surface area (Å²) in [5.74, 6) is -0.562. The van der Waals surface area contributed by atoms with Crippen molar-refractivity contribution in [3.05, 3.63) is 12.7 Å². The monoisotopic (exact) mass is 245 g/mol. The van der Waals surface area contributed by atoms with Gasteiger partial charge in [0.15, 0.2) is 6.23 Å². The van der Waals surface area contributed by atoms with Crippen LogP contribution in [-0.4, -0.2) is 39.8 Å². The highest BCUT2D eigenvalue weighted by Crippen LogP contribution is 2.16. The van der Waals surface area contributed by atoms with Gasteiger partial charge in [-0.1, -0.05) is 27.4 Å². The van der Waals surface area contributed by atoms with E-state index in [4.69, 9.17) is 4.74 Å². The van der Waals surface area contributed by atoms with Crippen LogP contribution >= 0.6 is 0 Å². The molecule has 0 fully saturated rings. The van der Waals surface area contributed by atoms with Crippen molar-refractivity contribution in [3.63, 3.8) is 0 Å². The second-order valence-electron chi connectivity index (χ2n) is 3.73. The number of nitrogens with zero attached hydrogens (tertiary/aromatic N) is 1. The topological polar surface area (TPSA) is 70.0 Å². The first-order valence-electron chi connectivity index (χ1n) is 5.98. The third-order valence-electron chi connectivity index (χ3n) is 2.52. The van der Waals surface area contributed by atoms with Gasteiger partial charge >= 0.3 is 5.97 Å². The van der Waals surface area contributed by atoms with E-state index in [1.165, 1.54) is 4.90 Å². The molecule has 3 atom stereocenters. The summed E-state index contributed by atoms with van der Waals surface area (Å²) in [5, 5.41) is 19.7. The highest BCUT2D eigenvalue weighted by atomic mass is 16.6. The Morgan fingerprint density at radius 1 is 1.24 bits per heavy atom. The van der Waals surface area contributed by atoms with Crippen LogP contribution in [0.2, 0.25) is 0 Å². The first-order valence-corrected chi connectivity index (χ1v) is 5.98. The molecule has 0 aliphatic heterocycles. The van der Waals surface area contributed by atoms with Crippen LogP contribution in [0.4, 0.5) is 0 Å². The highest BCUT2D eigenvalue weighted by Gasteiger charge is 2.30. The molecule has 0 radical (unpaired) electrons. The summed E-state index contributed by atoms with van der Waals surface area (Å²) in [4.78, 5) is 12.6. The highest BCUT2D eigenvalue weighted by molar-refractivity contribution is 5.81. The Morgan fingerprint density at radius 3 is 2.00 bits per heavy atom. The van der Waals surface area contributed by atoms with Crippen LogP contribution in [0.1, 0.15) is 40.0 Å². The van der Waals surface area contributed by atoms with Crippen molar-refractivity contribution in [2.24, 2.45) is 0 Å². The van der Waals surface area contributed by atoms with Crippen molar-refractivity contribution >= 4 is 5.97 Å². The van der Waals surface area contributed by atoms with Gasteiger partial charge in [-0.05, 0) is 19.3 Å². The van der Waals surface area contributed by atoms with Gasteiger partial charge in [0.05, 0.1) is 0 Å². The molecule has 0 bridgehead atoms. The summed E-state index contributed by atoms with van der Waals surface area (Å²) in [7, 11) is 0. The summed E-state index contributed by atoms with van der Waals surface area (Å²) in [6, 6.07) is 0. The molecule has 0 saturated heterocycles. The molecule has 0 saturated carbocycles. The van der Waals surface area contributed by atoms with Crippen molar-refractivity contribution in [2.45, 2.75) is 58.7 Å². The predicted molar refractivity (Wildman–Crippen MR) is 64.8 cm³/mol. The van der Waals surface area contributed by atoms with E-state index in [0.717, 1.165) is 6.08 Å². The van der Waals surface area contributed by atoms with Crippen LogP contribution in [0.5, 0.6) is 0 Å². The third-order valence-corrected chi connectivity index (χ3v) is 2.52. The Balaban J connectivity index is 4.83. The molecule has 0 aliphatic rings. The van der Waals surface area contributed by atoms with Gasteiger partial charge in [-0.25, -0.2) is 9.69 Å². The zero-order chi connectivity index (χ0) is 13.4. The van der Waals surface area contributed by atoms with Crippen LogP contribution in [-0.2, 0) is 9.53 Å². The molecular formula is C12H23NO4. The third kappa shape index (κ3) is 4.85. The average molecular weight is 245 g/mol. The van der Waals surface area contributed by atoms with Crippen molar-refractivity contribution in [1.29, 1.82) is 0 Å². The SMILES string of the molecule is C=CC(=O)OC(CC)N(C(O)CC)C(O)CC. The van der Waals surface area contributed by atoms with E-state index in [2.05, 4.69) is 6.58 Å². The number of carbonyl (C=O) groups excluding carboxylic acids is 1. The Bertz CT molecular complexity index is 235. The van der Waals surface area contributed by atoms with Gasteiger partial charge in [0.2, 0.25) is 0 Å². The Labute approximate surface area is 103 Å². The lowest BCUT2D eigenvalue weighted by Crippen LogP contribution is -2.50. The minimum Gasteiger partial charge on any atom is -0.443 e. The predicted octanol–water partition coefficient (Wildman–Crippen LogP) is 1.21. The molecule has 5 nitrogen and oxygen atoms in total. The van der Waals surface area contributed by atoms with Crippen molar-refractivity contribution in [1.82, 2.24) is 4.90 Å². The van der Waals surface area contributed by atoms with Crippen molar-refractivity contribution < 1.29 is 19.7 Å². The fourth-order valence-corrected chi connectivity index (χ4v) is 1.54. The van der Waals surface area contributed by atoms with Gasteiger partial charge in [-0.2, -0.15) is 0 Å². The van der Waals surface area contributed by atoms with Gasteiger partial charge < -0.3 is 14.9 Å². The minimum atomic E-state index is -0.840. The van der Waals surface area contributed by atoms with E-state index in [9.17, 15) is 15.0 Å². The van der Waals surface area contributed by atoms with Gasteiger partial charge in [0, 0.05) is 6.08 Å². The quantitative estimate of drug-likeness (QED) is 0.382. The number of rotatable bonds is 8. The summed E-state index contributed by atoms with van der Waals surface area (Å²) in [5.41, 5.74) is 0. The number of hydrogen-bond acceptors (Lipinski definition) is 5. The van der Waals surface area contributed by atoms with Crippen LogP contribution in [0.15, 0.2) is 12.7 Å². The summed E-state index contributed by atoms with van der Waals surface area (Å²) < 4.78 is 5.11. The fraction of sp³-hybridized carbons (Fsp3) is 0.750. The lowest BCUT2D eigenvalue weighted by Gasteiger charge is -2.36. The van der Waals surface area contributed by atoms with Crippen molar-refractivity contribution in [2.75, 3.05) is 0 Å². The maximum Gasteiger partial charge on any atom is 0.331 e. The van der Waals surface area contributed by atoms with Crippen LogP contribution < -0.4 is 0 Å². The zero-order valence-corrected chi connectivity index (χ0v) is 10.8. The Hall–Kier alpha value is -0.910. The van der Waals surface area contributed by atoms with Crippen LogP contribution in [0, 0.1) is 0 Å². The van der Waals surface area contributed by atoms with Crippen molar-refractivity contribution in [3.8, 4) is 0 Å². The van der Waals surface area contributed by atoms with Crippen LogP contribution in [0.3, 0.4) is 0 Å². The van der Waals surface area contributed by atoms with E-state index in [-0.39, 0.29) is 0 Å². The second kappa shape index (κ2) is 8.22. The van der Waals surface area contributed by atoms with E-state index >= 15 is 0 Å². The maximum atomic E-state index is 11.2. The molecule has 0 aliphatic carbocycles. The smallest absolute Gasteiger partial charge is 0.331 e. The molecule has 0 spiro atoms. The zero-order valence-electron chi connectivity index (χ0n) is 10.8. The molecule has 0 aromatic rings. The van der Waals surface area contributed by atoms with E-state index < -0.39 is 24.7 Å². The summed E-state index contributed by atoms with van der Waals surface area (Å²) in [6.07, 6.45) is 0.106. The number of aliphatic hydroxyl groups excluding tert-OH is 2. The maximum absolute atomic E-state index is 11.2. The molecule has 2 N–H and O–H groups in total. The molecule has 0 heterocycles. The second-order valence-corrected chi connectivity index (χ2v) is 3.73. The minimum absolute atomic E-state index is 0.444. The molecule has 0 rings (SSSR count). The van der Waals surface area contributed by atoms with Gasteiger partial charge in [0.1, 0.15) is 12.5 Å². The molecule has 0 aromatic carbocycles. The van der Waals surface area contributed by atoms with E-state index in [0.29, 0.717) is 19.3 Å². The number of ether oxygens (including phenoxy) is 1. The summed E-state index contributed by atoms with van der Waals surface area (Å²) >= 11 is 0. The summed E-state index contributed by atoms with van der Waals surface area (Å²) in [6.45, 7) is 8.72. The molecule has 3 unspecified atom stereocenters. The fourth-order valence-electron chi connectivity index (χ4n) is 1.54. The first kappa shape index (κ1) is 16.1. The number of esters is 1. The van der Waals surface area contributed by atoms with E-state index in [1.807, 2.05) is 6.92 Å².